The minimum Gasteiger partial charge on any atom is -0.461 e. The van der Waals surface area contributed by atoms with Gasteiger partial charge in [-0.25, -0.2) is 4.79 Å². The van der Waals surface area contributed by atoms with Gasteiger partial charge in [-0.2, -0.15) is 0 Å². The van der Waals surface area contributed by atoms with Crippen LogP contribution in [0.15, 0.2) is 54.7 Å². The molecule has 134 valence electrons. The summed E-state index contributed by atoms with van der Waals surface area (Å²) < 4.78 is 5.01. The summed E-state index contributed by atoms with van der Waals surface area (Å²) in [6.07, 6.45) is 1.74. The molecule has 0 aliphatic carbocycles. The Labute approximate surface area is 150 Å². The second-order valence-corrected chi connectivity index (χ2v) is 6.16. The summed E-state index contributed by atoms with van der Waals surface area (Å²) in [6.45, 7) is 3.68. The molecule has 6 heteroatoms. The molecule has 0 bridgehead atoms. The van der Waals surface area contributed by atoms with Crippen LogP contribution in [-0.2, 0) is 9.53 Å². The van der Waals surface area contributed by atoms with Gasteiger partial charge in [-0.15, -0.1) is 0 Å². The smallest absolute Gasteiger partial charge is 0.382 e. The maximum atomic E-state index is 12.4. The maximum Gasteiger partial charge on any atom is 0.382 e. The van der Waals surface area contributed by atoms with Gasteiger partial charge in [-0.3, -0.25) is 10.1 Å². The third kappa shape index (κ3) is 3.31. The van der Waals surface area contributed by atoms with Crippen molar-refractivity contribution in [2.24, 2.45) is 0 Å². The molecule has 0 aliphatic heterocycles. The molecule has 0 aliphatic rings. The molecule has 0 fully saturated rings. The van der Waals surface area contributed by atoms with Gasteiger partial charge in [-0.1, -0.05) is 48.0 Å². The van der Waals surface area contributed by atoms with Crippen LogP contribution in [0, 0.1) is 17.0 Å². The lowest BCUT2D eigenvalue weighted by Crippen LogP contribution is -2.37. The SMILES string of the molecule is CCOC(=O)C([C@@H](c1ccc(C)cc1)c1c[nH]c2ccccc12)[N+](=O)[O-]. The van der Waals surface area contributed by atoms with Crippen molar-refractivity contribution in [2.75, 3.05) is 6.61 Å². The average molecular weight is 352 g/mol. The highest BCUT2D eigenvalue weighted by Gasteiger charge is 2.43. The van der Waals surface area contributed by atoms with Crippen molar-refractivity contribution in [3.05, 3.63) is 81.5 Å². The Balaban J connectivity index is 2.20. The van der Waals surface area contributed by atoms with E-state index in [2.05, 4.69) is 4.98 Å². The predicted octanol–water partition coefficient (Wildman–Crippen LogP) is 3.82. The summed E-state index contributed by atoms with van der Waals surface area (Å²) in [4.78, 5) is 26.8. The predicted molar refractivity (Wildman–Crippen MR) is 98.7 cm³/mol. The lowest BCUT2D eigenvalue weighted by Gasteiger charge is -2.20. The van der Waals surface area contributed by atoms with E-state index >= 15 is 0 Å². The Morgan fingerprint density at radius 2 is 1.88 bits per heavy atom. The number of hydrogen-bond acceptors (Lipinski definition) is 4. The highest BCUT2D eigenvalue weighted by atomic mass is 16.6. The van der Waals surface area contributed by atoms with Gasteiger partial charge in [0.25, 0.3) is 0 Å². The Hall–Kier alpha value is -3.15. The molecule has 0 saturated heterocycles. The Morgan fingerprint density at radius 3 is 2.54 bits per heavy atom. The van der Waals surface area contributed by atoms with Crippen molar-refractivity contribution < 1.29 is 14.5 Å². The van der Waals surface area contributed by atoms with E-state index in [1.165, 1.54) is 0 Å². The molecule has 0 amide bonds. The molecular formula is C20H20N2O4. The molecule has 3 aromatic rings. The van der Waals surface area contributed by atoms with Gasteiger partial charge >= 0.3 is 12.0 Å². The maximum absolute atomic E-state index is 12.4. The highest BCUT2D eigenvalue weighted by molar-refractivity contribution is 5.86. The molecule has 1 aromatic heterocycles. The van der Waals surface area contributed by atoms with Crippen LogP contribution in [-0.4, -0.2) is 28.5 Å². The quantitative estimate of drug-likeness (QED) is 0.415. The summed E-state index contributed by atoms with van der Waals surface area (Å²) in [7, 11) is 0. The van der Waals surface area contributed by atoms with E-state index in [4.69, 9.17) is 4.74 Å². The van der Waals surface area contributed by atoms with Gasteiger partial charge in [0, 0.05) is 22.0 Å². The summed E-state index contributed by atoms with van der Waals surface area (Å²) in [6, 6.07) is 13.5. The number of nitrogens with one attached hydrogen (secondary N) is 1. The number of aryl methyl sites for hydroxylation is 1. The number of nitrogens with zero attached hydrogens (tertiary/aromatic N) is 1. The number of carbonyl (C=O) groups excluding carboxylic acids is 1. The van der Waals surface area contributed by atoms with Crippen molar-refractivity contribution in [3.63, 3.8) is 0 Å². The number of carbonyl (C=O) groups is 1. The molecule has 2 atom stereocenters. The van der Waals surface area contributed by atoms with Gasteiger partial charge in [0.1, 0.15) is 0 Å². The Kier molecular flexibility index (Phi) is 5.02. The number of para-hydroxylation sites is 1. The van der Waals surface area contributed by atoms with Crippen molar-refractivity contribution in [3.8, 4) is 0 Å². The van der Waals surface area contributed by atoms with Crippen molar-refractivity contribution >= 4 is 16.9 Å². The second kappa shape index (κ2) is 7.39. The lowest BCUT2D eigenvalue weighted by atomic mass is 9.84. The first-order chi connectivity index (χ1) is 12.5. The van der Waals surface area contributed by atoms with E-state index in [1.807, 2.05) is 55.5 Å². The van der Waals surface area contributed by atoms with Crippen molar-refractivity contribution in [1.29, 1.82) is 0 Å². The van der Waals surface area contributed by atoms with E-state index in [0.717, 1.165) is 16.5 Å². The third-order valence-electron chi connectivity index (χ3n) is 4.46. The van der Waals surface area contributed by atoms with Crippen LogP contribution in [0.3, 0.4) is 0 Å². The number of fused-ring (bicyclic) bond motifs is 1. The van der Waals surface area contributed by atoms with Crippen LogP contribution in [0.5, 0.6) is 0 Å². The molecule has 26 heavy (non-hydrogen) atoms. The molecule has 0 radical (unpaired) electrons. The van der Waals surface area contributed by atoms with E-state index in [-0.39, 0.29) is 6.61 Å². The van der Waals surface area contributed by atoms with Crippen molar-refractivity contribution in [1.82, 2.24) is 4.98 Å². The molecule has 1 unspecified atom stereocenters. The minimum atomic E-state index is -1.52. The number of rotatable bonds is 6. The number of benzene rings is 2. The largest absolute Gasteiger partial charge is 0.461 e. The minimum absolute atomic E-state index is 0.0949. The van der Waals surface area contributed by atoms with Crippen molar-refractivity contribution in [2.45, 2.75) is 25.8 Å². The van der Waals surface area contributed by atoms with E-state index in [1.54, 1.807) is 13.1 Å². The lowest BCUT2D eigenvalue weighted by molar-refractivity contribution is -0.513. The number of esters is 1. The van der Waals surface area contributed by atoms with E-state index < -0.39 is 22.9 Å². The summed E-state index contributed by atoms with van der Waals surface area (Å²) >= 11 is 0. The first kappa shape index (κ1) is 17.7. The third-order valence-corrected chi connectivity index (χ3v) is 4.46. The fourth-order valence-electron chi connectivity index (χ4n) is 3.23. The first-order valence-corrected chi connectivity index (χ1v) is 8.45. The zero-order valence-electron chi connectivity index (χ0n) is 14.6. The van der Waals surface area contributed by atoms with Crippen LogP contribution >= 0.6 is 0 Å². The molecule has 3 rings (SSSR count). The molecule has 0 saturated carbocycles. The van der Waals surface area contributed by atoms with Gasteiger partial charge in [0.15, 0.2) is 0 Å². The van der Waals surface area contributed by atoms with E-state index in [0.29, 0.717) is 11.1 Å². The fraction of sp³-hybridized carbons (Fsp3) is 0.250. The molecular weight excluding hydrogens is 332 g/mol. The first-order valence-electron chi connectivity index (χ1n) is 8.45. The molecule has 6 nitrogen and oxygen atoms in total. The summed E-state index contributed by atoms with van der Waals surface area (Å²) in [5.41, 5.74) is 3.32. The molecule has 1 heterocycles. The summed E-state index contributed by atoms with van der Waals surface area (Å²) in [5.74, 6) is -1.57. The summed E-state index contributed by atoms with van der Waals surface area (Å²) in [5, 5.41) is 12.7. The number of nitro groups is 1. The van der Waals surface area contributed by atoms with Gasteiger partial charge in [-0.05, 0) is 31.0 Å². The van der Waals surface area contributed by atoms with Gasteiger partial charge in [0.05, 0.1) is 12.5 Å². The zero-order chi connectivity index (χ0) is 18.7. The zero-order valence-corrected chi connectivity index (χ0v) is 14.6. The number of hydrogen-bond donors (Lipinski definition) is 1. The molecule has 2 aromatic carbocycles. The number of aromatic nitrogens is 1. The number of ether oxygens (including phenoxy) is 1. The molecule has 0 spiro atoms. The van der Waals surface area contributed by atoms with Crippen LogP contribution in [0.4, 0.5) is 0 Å². The Morgan fingerprint density at radius 1 is 1.19 bits per heavy atom. The molecule has 1 N–H and O–H groups in total. The Bertz CT molecular complexity index is 930. The van der Waals surface area contributed by atoms with E-state index in [9.17, 15) is 14.9 Å². The normalized spacial score (nSPS) is 13.3. The fourth-order valence-corrected chi connectivity index (χ4v) is 3.23. The monoisotopic (exact) mass is 352 g/mol. The average Bonchev–Trinajstić information content (AvgIpc) is 3.04. The van der Waals surface area contributed by atoms with Crippen LogP contribution in [0.2, 0.25) is 0 Å². The standard InChI is InChI=1S/C20H20N2O4/c1-3-26-20(23)19(22(24)25)18(14-10-8-13(2)9-11-14)16-12-21-17-7-5-4-6-15(16)17/h4-12,18-19,21H,3H2,1-2H3/t18-,19?/m0/s1. The number of H-pyrrole nitrogens is 1. The van der Waals surface area contributed by atoms with Gasteiger partial charge < -0.3 is 9.72 Å². The second-order valence-electron chi connectivity index (χ2n) is 6.16. The number of aromatic amines is 1. The van der Waals surface area contributed by atoms with Crippen LogP contribution in [0.25, 0.3) is 10.9 Å². The van der Waals surface area contributed by atoms with Crippen LogP contribution in [0.1, 0.15) is 29.5 Å². The topological polar surface area (TPSA) is 85.2 Å². The van der Waals surface area contributed by atoms with Crippen LogP contribution < -0.4 is 0 Å². The van der Waals surface area contributed by atoms with Gasteiger partial charge in [0.2, 0.25) is 0 Å². The highest BCUT2D eigenvalue weighted by Crippen LogP contribution is 2.35.